The van der Waals surface area contributed by atoms with Gasteiger partial charge in [-0.05, 0) is 25.0 Å². The van der Waals surface area contributed by atoms with Gasteiger partial charge < -0.3 is 15.0 Å². The molecule has 6 heteroatoms. The monoisotopic (exact) mass is 300 g/mol. The summed E-state index contributed by atoms with van der Waals surface area (Å²) < 4.78 is 5.60. The number of aromatic nitrogens is 2. The Labute approximate surface area is 130 Å². The molecule has 1 aromatic carbocycles. The number of carbonyl (C=O) groups excluding carboxylic acids is 1. The van der Waals surface area contributed by atoms with Crippen LogP contribution in [0.15, 0.2) is 30.6 Å². The van der Waals surface area contributed by atoms with Gasteiger partial charge in [0.1, 0.15) is 5.75 Å². The predicted octanol–water partition coefficient (Wildman–Crippen LogP) is 2.18. The van der Waals surface area contributed by atoms with Crippen molar-refractivity contribution in [1.82, 2.24) is 9.97 Å². The topological polar surface area (TPSA) is 67.3 Å². The fourth-order valence-corrected chi connectivity index (χ4v) is 1.98. The molecule has 0 aliphatic rings. The highest BCUT2D eigenvalue weighted by atomic mass is 16.5. The van der Waals surface area contributed by atoms with Crippen LogP contribution in [0.5, 0.6) is 5.75 Å². The smallest absolute Gasteiger partial charge is 0.262 e. The molecular weight excluding hydrogens is 280 g/mol. The lowest BCUT2D eigenvalue weighted by Crippen LogP contribution is -2.21. The van der Waals surface area contributed by atoms with Crippen LogP contribution < -0.4 is 15.0 Å². The van der Waals surface area contributed by atoms with Crippen molar-refractivity contribution in [2.45, 2.75) is 13.8 Å². The number of carbonyl (C=O) groups is 1. The molecule has 0 aliphatic carbocycles. The van der Waals surface area contributed by atoms with Crippen LogP contribution >= 0.6 is 0 Å². The molecule has 2 aromatic rings. The maximum Gasteiger partial charge on any atom is 0.262 e. The molecule has 0 radical (unpaired) electrons. The molecule has 0 bridgehead atoms. The number of hydrogen-bond acceptors (Lipinski definition) is 5. The molecule has 0 aliphatic heterocycles. The number of hydrogen-bond donors (Lipinski definition) is 1. The van der Waals surface area contributed by atoms with Crippen LogP contribution in [0.1, 0.15) is 11.1 Å². The molecule has 116 valence electrons. The Kier molecular flexibility index (Phi) is 4.93. The highest BCUT2D eigenvalue weighted by molar-refractivity contribution is 5.91. The number of benzene rings is 1. The molecule has 0 fully saturated rings. The molecule has 0 unspecified atom stereocenters. The van der Waals surface area contributed by atoms with E-state index in [1.165, 1.54) is 0 Å². The quantitative estimate of drug-likeness (QED) is 0.916. The summed E-state index contributed by atoms with van der Waals surface area (Å²) >= 11 is 0. The molecule has 0 saturated carbocycles. The maximum atomic E-state index is 11.9. The largest absolute Gasteiger partial charge is 0.483 e. The molecule has 2 rings (SSSR count). The fourth-order valence-electron chi connectivity index (χ4n) is 1.98. The Balaban J connectivity index is 1.93. The Morgan fingerprint density at radius 3 is 2.32 bits per heavy atom. The second-order valence-electron chi connectivity index (χ2n) is 5.22. The van der Waals surface area contributed by atoms with Crippen LogP contribution in [0, 0.1) is 13.8 Å². The van der Waals surface area contributed by atoms with Gasteiger partial charge in [-0.3, -0.25) is 4.79 Å². The number of para-hydroxylation sites is 1. The van der Waals surface area contributed by atoms with Gasteiger partial charge in [0.15, 0.2) is 6.61 Å². The van der Waals surface area contributed by atoms with Crippen LogP contribution in [0.4, 0.5) is 11.6 Å². The lowest BCUT2D eigenvalue weighted by molar-refractivity contribution is -0.118. The standard InChI is InChI=1S/C16H20N4O2/c1-11-6-5-7-12(2)15(11)22-10-14(21)19-13-8-17-16(18-9-13)20(3)4/h5-9H,10H2,1-4H3,(H,19,21). The summed E-state index contributed by atoms with van der Waals surface area (Å²) in [5.74, 6) is 1.09. The van der Waals surface area contributed by atoms with Crippen molar-refractivity contribution in [1.29, 1.82) is 0 Å². The normalized spacial score (nSPS) is 10.2. The van der Waals surface area contributed by atoms with Gasteiger partial charge in [0.25, 0.3) is 5.91 Å². The van der Waals surface area contributed by atoms with E-state index in [-0.39, 0.29) is 12.5 Å². The summed E-state index contributed by atoms with van der Waals surface area (Å²) in [4.78, 5) is 22.0. The van der Waals surface area contributed by atoms with E-state index in [2.05, 4.69) is 15.3 Å². The summed E-state index contributed by atoms with van der Waals surface area (Å²) in [7, 11) is 3.71. The number of amides is 1. The second kappa shape index (κ2) is 6.89. The summed E-state index contributed by atoms with van der Waals surface area (Å²) in [5.41, 5.74) is 2.55. The van der Waals surface area contributed by atoms with Crippen LogP contribution in [0.2, 0.25) is 0 Å². The number of nitrogens with zero attached hydrogens (tertiary/aromatic N) is 3. The van der Waals surface area contributed by atoms with Crippen LogP contribution in [0.25, 0.3) is 0 Å². The molecule has 1 N–H and O–H groups in total. The van der Waals surface area contributed by atoms with E-state index in [0.717, 1.165) is 16.9 Å². The lowest BCUT2D eigenvalue weighted by atomic mass is 10.1. The molecule has 0 spiro atoms. The maximum absolute atomic E-state index is 11.9. The fraction of sp³-hybridized carbons (Fsp3) is 0.312. The van der Waals surface area contributed by atoms with Crippen LogP contribution in [-0.2, 0) is 4.79 Å². The summed E-state index contributed by atoms with van der Waals surface area (Å²) in [6.45, 7) is 3.85. The summed E-state index contributed by atoms with van der Waals surface area (Å²) in [6.07, 6.45) is 3.14. The first kappa shape index (κ1) is 15.8. The molecule has 0 atom stereocenters. The zero-order valence-corrected chi connectivity index (χ0v) is 13.3. The highest BCUT2D eigenvalue weighted by Crippen LogP contribution is 2.22. The molecular formula is C16H20N4O2. The van der Waals surface area contributed by atoms with Gasteiger partial charge in [-0.15, -0.1) is 0 Å². The Morgan fingerprint density at radius 2 is 1.77 bits per heavy atom. The van der Waals surface area contributed by atoms with Crippen molar-refractivity contribution in [3.05, 3.63) is 41.7 Å². The molecule has 0 saturated heterocycles. The van der Waals surface area contributed by atoms with Gasteiger partial charge >= 0.3 is 0 Å². The minimum Gasteiger partial charge on any atom is -0.483 e. The zero-order chi connectivity index (χ0) is 16.1. The molecule has 22 heavy (non-hydrogen) atoms. The van der Waals surface area contributed by atoms with Crippen LogP contribution in [0.3, 0.4) is 0 Å². The number of aryl methyl sites for hydroxylation is 2. The summed E-state index contributed by atoms with van der Waals surface area (Å²) in [5, 5.41) is 2.71. The van der Waals surface area contributed by atoms with E-state index < -0.39 is 0 Å². The van der Waals surface area contributed by atoms with Gasteiger partial charge in [0, 0.05) is 14.1 Å². The third kappa shape index (κ3) is 3.94. The van der Waals surface area contributed by atoms with E-state index in [9.17, 15) is 4.79 Å². The SMILES string of the molecule is Cc1cccc(C)c1OCC(=O)Nc1cnc(N(C)C)nc1. The van der Waals surface area contributed by atoms with Crippen LogP contribution in [-0.4, -0.2) is 36.6 Å². The molecule has 6 nitrogen and oxygen atoms in total. The Hall–Kier alpha value is -2.63. The average Bonchev–Trinajstić information content (AvgIpc) is 2.47. The van der Waals surface area contributed by atoms with Gasteiger partial charge in [-0.2, -0.15) is 0 Å². The third-order valence-electron chi connectivity index (χ3n) is 3.08. The molecule has 1 heterocycles. The third-order valence-corrected chi connectivity index (χ3v) is 3.08. The van der Waals surface area contributed by atoms with Crippen molar-refractivity contribution in [2.75, 3.05) is 30.9 Å². The van der Waals surface area contributed by atoms with Gasteiger partial charge in [0.2, 0.25) is 5.95 Å². The number of rotatable bonds is 5. The summed E-state index contributed by atoms with van der Waals surface area (Å²) in [6, 6.07) is 5.86. The minimum atomic E-state index is -0.246. The van der Waals surface area contributed by atoms with E-state index in [4.69, 9.17) is 4.74 Å². The van der Waals surface area contributed by atoms with Gasteiger partial charge in [-0.25, -0.2) is 9.97 Å². The highest BCUT2D eigenvalue weighted by Gasteiger charge is 2.08. The van der Waals surface area contributed by atoms with Crippen molar-refractivity contribution < 1.29 is 9.53 Å². The lowest BCUT2D eigenvalue weighted by Gasteiger charge is -2.12. The average molecular weight is 300 g/mol. The van der Waals surface area contributed by atoms with Crippen molar-refractivity contribution in [3.63, 3.8) is 0 Å². The first-order valence-corrected chi connectivity index (χ1v) is 6.95. The van der Waals surface area contributed by atoms with Gasteiger partial charge in [-0.1, -0.05) is 18.2 Å². The number of nitrogens with one attached hydrogen (secondary N) is 1. The molecule has 1 aromatic heterocycles. The first-order valence-electron chi connectivity index (χ1n) is 6.95. The predicted molar refractivity (Wildman–Crippen MR) is 86.4 cm³/mol. The number of ether oxygens (including phenoxy) is 1. The Bertz CT molecular complexity index is 633. The van der Waals surface area contributed by atoms with E-state index in [0.29, 0.717) is 11.6 Å². The van der Waals surface area contributed by atoms with Gasteiger partial charge in [0.05, 0.1) is 18.1 Å². The number of anilines is 2. The van der Waals surface area contributed by atoms with E-state index in [1.54, 1.807) is 17.3 Å². The first-order chi connectivity index (χ1) is 10.5. The minimum absolute atomic E-state index is 0.0544. The van der Waals surface area contributed by atoms with E-state index in [1.807, 2.05) is 46.1 Å². The van der Waals surface area contributed by atoms with Crippen molar-refractivity contribution >= 4 is 17.5 Å². The Morgan fingerprint density at radius 1 is 1.18 bits per heavy atom. The van der Waals surface area contributed by atoms with E-state index >= 15 is 0 Å². The molecule has 1 amide bonds. The second-order valence-corrected chi connectivity index (χ2v) is 5.22. The van der Waals surface area contributed by atoms with Crippen molar-refractivity contribution in [2.24, 2.45) is 0 Å². The van der Waals surface area contributed by atoms with Crippen molar-refractivity contribution in [3.8, 4) is 5.75 Å². The zero-order valence-electron chi connectivity index (χ0n) is 13.3.